The van der Waals surface area contributed by atoms with Gasteiger partial charge in [0.2, 0.25) is 5.91 Å². The SMILES string of the molecule is CCCCCC/C=C\C/C=C\CCCCCCCC(=O)OCCCCCCCCCCCCCCCCCCCCCCCCCCCCCCCC(=O)NC(CO)C(O)/C=C/CCCCCCCCCCCCCCCCC. The number of hydrogen-bond acceptors (Lipinski definition) is 5. The maximum Gasteiger partial charge on any atom is 0.305 e. The number of unbranched alkanes of at least 4 members (excludes halogenated alkanes) is 52. The van der Waals surface area contributed by atoms with E-state index in [1.807, 2.05) is 6.08 Å². The fourth-order valence-electron chi connectivity index (χ4n) is 11.2. The average molecular weight is 1110 g/mol. The summed E-state index contributed by atoms with van der Waals surface area (Å²) in [6.07, 6.45) is 88.0. The van der Waals surface area contributed by atoms with E-state index in [4.69, 9.17) is 4.74 Å². The number of aliphatic hydroxyl groups is 2. The highest BCUT2D eigenvalue weighted by atomic mass is 16.5. The first-order chi connectivity index (χ1) is 39.0. The summed E-state index contributed by atoms with van der Waals surface area (Å²) in [5.41, 5.74) is 0. The minimum Gasteiger partial charge on any atom is -0.466 e. The van der Waals surface area contributed by atoms with Crippen molar-refractivity contribution >= 4 is 11.9 Å². The first-order valence-corrected chi connectivity index (χ1v) is 35.8. The zero-order valence-corrected chi connectivity index (χ0v) is 53.4. The van der Waals surface area contributed by atoms with Gasteiger partial charge in [-0.25, -0.2) is 0 Å². The zero-order valence-electron chi connectivity index (χ0n) is 53.4. The average Bonchev–Trinajstić information content (AvgIpc) is 3.45. The summed E-state index contributed by atoms with van der Waals surface area (Å²) in [7, 11) is 0. The molecular weight excluding hydrogens is 971 g/mol. The maximum atomic E-state index is 12.5. The van der Waals surface area contributed by atoms with E-state index in [0.29, 0.717) is 19.4 Å². The van der Waals surface area contributed by atoms with Crippen molar-refractivity contribution in [3.8, 4) is 0 Å². The summed E-state index contributed by atoms with van der Waals surface area (Å²) in [6, 6.07) is -0.626. The van der Waals surface area contributed by atoms with Gasteiger partial charge in [-0.15, -0.1) is 0 Å². The van der Waals surface area contributed by atoms with E-state index in [-0.39, 0.29) is 18.5 Å². The van der Waals surface area contributed by atoms with E-state index < -0.39 is 12.1 Å². The summed E-state index contributed by atoms with van der Waals surface area (Å²) < 4.78 is 5.49. The molecular formula is C73H139NO5. The van der Waals surface area contributed by atoms with Crippen LogP contribution in [-0.2, 0) is 14.3 Å². The first-order valence-electron chi connectivity index (χ1n) is 35.8. The predicted octanol–water partition coefficient (Wildman–Crippen LogP) is 23.1. The third-order valence-corrected chi connectivity index (χ3v) is 16.7. The van der Waals surface area contributed by atoms with Crippen molar-refractivity contribution in [1.82, 2.24) is 5.32 Å². The Morgan fingerprint density at radius 1 is 0.354 bits per heavy atom. The molecule has 79 heavy (non-hydrogen) atoms. The van der Waals surface area contributed by atoms with Crippen LogP contribution in [0.5, 0.6) is 0 Å². The second-order valence-corrected chi connectivity index (χ2v) is 24.6. The van der Waals surface area contributed by atoms with Crippen LogP contribution in [0.1, 0.15) is 393 Å². The molecule has 0 aromatic heterocycles. The molecule has 0 spiro atoms. The highest BCUT2D eigenvalue weighted by Gasteiger charge is 2.18. The maximum absolute atomic E-state index is 12.5. The summed E-state index contributed by atoms with van der Waals surface area (Å²) in [6.45, 7) is 4.91. The fourth-order valence-corrected chi connectivity index (χ4v) is 11.2. The quantitative estimate of drug-likeness (QED) is 0.0320. The number of carbonyl (C=O) groups is 2. The van der Waals surface area contributed by atoms with Crippen molar-refractivity contribution in [1.29, 1.82) is 0 Å². The number of nitrogens with one attached hydrogen (secondary N) is 1. The molecule has 0 saturated heterocycles. The Hall–Kier alpha value is -1.92. The minimum atomic E-state index is -0.842. The number of aliphatic hydroxyl groups excluding tert-OH is 2. The largest absolute Gasteiger partial charge is 0.466 e. The normalized spacial score (nSPS) is 12.7. The van der Waals surface area contributed by atoms with Crippen LogP contribution in [0.2, 0.25) is 0 Å². The lowest BCUT2D eigenvalue weighted by atomic mass is 10.0. The Kier molecular flexibility index (Phi) is 66.9. The number of esters is 1. The van der Waals surface area contributed by atoms with Gasteiger partial charge in [0.25, 0.3) is 0 Å². The third-order valence-electron chi connectivity index (χ3n) is 16.7. The van der Waals surface area contributed by atoms with Crippen LogP contribution in [-0.4, -0.2) is 47.4 Å². The van der Waals surface area contributed by atoms with Crippen LogP contribution in [0.3, 0.4) is 0 Å². The molecule has 3 N–H and O–H groups in total. The van der Waals surface area contributed by atoms with E-state index in [1.165, 1.54) is 315 Å². The van der Waals surface area contributed by atoms with Gasteiger partial charge >= 0.3 is 5.97 Å². The molecule has 0 aromatic carbocycles. The van der Waals surface area contributed by atoms with Crippen molar-refractivity contribution in [2.45, 2.75) is 405 Å². The van der Waals surface area contributed by atoms with Crippen LogP contribution in [0.25, 0.3) is 0 Å². The van der Waals surface area contributed by atoms with Crippen LogP contribution >= 0.6 is 0 Å². The van der Waals surface area contributed by atoms with E-state index >= 15 is 0 Å². The molecule has 0 fully saturated rings. The van der Waals surface area contributed by atoms with Crippen molar-refractivity contribution < 1.29 is 24.5 Å². The number of ether oxygens (including phenoxy) is 1. The molecule has 0 aromatic rings. The molecule has 0 aliphatic rings. The molecule has 6 heteroatoms. The molecule has 2 atom stereocenters. The summed E-state index contributed by atoms with van der Waals surface area (Å²) >= 11 is 0. The fraction of sp³-hybridized carbons (Fsp3) is 0.890. The molecule has 0 aliphatic heterocycles. The Bertz CT molecular complexity index is 1280. The topological polar surface area (TPSA) is 95.9 Å². The van der Waals surface area contributed by atoms with E-state index in [2.05, 4.69) is 43.5 Å². The monoisotopic (exact) mass is 1110 g/mol. The van der Waals surface area contributed by atoms with E-state index in [0.717, 1.165) is 51.4 Å². The van der Waals surface area contributed by atoms with Gasteiger partial charge in [0.1, 0.15) is 0 Å². The van der Waals surface area contributed by atoms with Crippen LogP contribution in [0.4, 0.5) is 0 Å². The summed E-state index contributed by atoms with van der Waals surface area (Å²) in [5.74, 6) is -0.0556. The highest BCUT2D eigenvalue weighted by molar-refractivity contribution is 5.76. The second kappa shape index (κ2) is 68.6. The Labute approximate surface area is 494 Å². The molecule has 2 unspecified atom stereocenters. The molecule has 0 bridgehead atoms. The number of rotatable bonds is 67. The van der Waals surface area contributed by atoms with Gasteiger partial charge < -0.3 is 20.3 Å². The standard InChI is InChI=1S/C73H139NO5/c1-3-5-7-9-11-13-15-17-19-34-37-41-45-49-53-57-61-65-71(76)70(69-75)74-72(77)66-62-58-54-50-46-42-38-35-32-30-28-26-24-22-21-23-25-27-29-31-33-36-40-44-48-52-56-60-64-68-79-73(78)67-63-59-55-51-47-43-39-20-18-16-14-12-10-8-6-4-2/h14,16,20,39,61,65,70-71,75-76H,3-13,15,17-19,21-38,40-60,62-64,66-69H2,1-2H3,(H,74,77)/b16-14-,39-20-,65-61+. The van der Waals surface area contributed by atoms with Gasteiger partial charge in [0.15, 0.2) is 0 Å². The number of hydrogen-bond donors (Lipinski definition) is 3. The van der Waals surface area contributed by atoms with Crippen molar-refractivity contribution in [3.63, 3.8) is 0 Å². The molecule has 0 saturated carbocycles. The lowest BCUT2D eigenvalue weighted by Crippen LogP contribution is -2.45. The Balaban J connectivity index is 3.36. The van der Waals surface area contributed by atoms with Gasteiger partial charge in [-0.3, -0.25) is 9.59 Å². The van der Waals surface area contributed by atoms with Crippen LogP contribution in [0, 0.1) is 0 Å². The number of carbonyl (C=O) groups excluding carboxylic acids is 2. The van der Waals surface area contributed by atoms with Crippen LogP contribution < -0.4 is 5.32 Å². The van der Waals surface area contributed by atoms with Gasteiger partial charge in [0, 0.05) is 12.8 Å². The lowest BCUT2D eigenvalue weighted by molar-refractivity contribution is -0.143. The summed E-state index contributed by atoms with van der Waals surface area (Å²) in [4.78, 5) is 24.6. The van der Waals surface area contributed by atoms with Crippen molar-refractivity contribution in [3.05, 3.63) is 36.5 Å². The Morgan fingerprint density at radius 2 is 0.633 bits per heavy atom. The molecule has 6 nitrogen and oxygen atoms in total. The van der Waals surface area contributed by atoms with Gasteiger partial charge in [0.05, 0.1) is 25.4 Å². The Morgan fingerprint density at radius 3 is 0.975 bits per heavy atom. The highest BCUT2D eigenvalue weighted by Crippen LogP contribution is 2.19. The predicted molar refractivity (Wildman–Crippen MR) is 347 cm³/mol. The van der Waals surface area contributed by atoms with Crippen LogP contribution in [0.15, 0.2) is 36.5 Å². The molecule has 1 amide bonds. The molecule has 0 radical (unpaired) electrons. The minimum absolute atomic E-state index is 0.00605. The molecule has 0 aliphatic carbocycles. The van der Waals surface area contributed by atoms with Crippen molar-refractivity contribution in [2.75, 3.05) is 13.2 Å². The second-order valence-electron chi connectivity index (χ2n) is 24.6. The van der Waals surface area contributed by atoms with Crippen molar-refractivity contribution in [2.24, 2.45) is 0 Å². The van der Waals surface area contributed by atoms with Gasteiger partial charge in [-0.2, -0.15) is 0 Å². The zero-order chi connectivity index (χ0) is 57.1. The third kappa shape index (κ3) is 65.1. The smallest absolute Gasteiger partial charge is 0.305 e. The van der Waals surface area contributed by atoms with Gasteiger partial charge in [-0.1, -0.05) is 352 Å². The first kappa shape index (κ1) is 77.1. The van der Waals surface area contributed by atoms with Gasteiger partial charge in [-0.05, 0) is 64.2 Å². The van der Waals surface area contributed by atoms with E-state index in [9.17, 15) is 19.8 Å². The lowest BCUT2D eigenvalue weighted by Gasteiger charge is -2.20. The number of amides is 1. The summed E-state index contributed by atoms with van der Waals surface area (Å²) in [5, 5.41) is 23.2. The molecule has 466 valence electrons. The number of allylic oxidation sites excluding steroid dienone is 5. The molecule has 0 rings (SSSR count). The van der Waals surface area contributed by atoms with E-state index in [1.54, 1.807) is 6.08 Å². The molecule has 0 heterocycles.